The summed E-state index contributed by atoms with van der Waals surface area (Å²) in [5.41, 5.74) is 1.50. The molecule has 92 valence electrons. The van der Waals surface area contributed by atoms with E-state index in [0.717, 1.165) is 5.56 Å². The molecule has 1 aromatic heterocycles. The molecular formula is C12H8Cl2N2O2. The van der Waals surface area contributed by atoms with Crippen molar-refractivity contribution >= 4 is 28.9 Å². The zero-order valence-corrected chi connectivity index (χ0v) is 10.6. The van der Waals surface area contributed by atoms with Gasteiger partial charge in [0.05, 0.1) is 16.2 Å². The second-order valence-corrected chi connectivity index (χ2v) is 4.65. The van der Waals surface area contributed by atoms with Gasteiger partial charge in [-0.2, -0.15) is 0 Å². The lowest BCUT2D eigenvalue weighted by atomic mass is 10.0. The van der Waals surface area contributed by atoms with Crippen LogP contribution in [0.2, 0.25) is 0 Å². The van der Waals surface area contributed by atoms with Crippen LogP contribution in [0, 0.1) is 10.1 Å². The largest absolute Gasteiger partial charge is 0.295 e. The summed E-state index contributed by atoms with van der Waals surface area (Å²) in [4.78, 5) is 13.6. The smallest absolute Gasteiger partial charge is 0.258 e. The summed E-state index contributed by atoms with van der Waals surface area (Å²) >= 11 is 11.5. The van der Waals surface area contributed by atoms with Crippen molar-refractivity contribution in [1.82, 2.24) is 4.98 Å². The summed E-state index contributed by atoms with van der Waals surface area (Å²) < 4.78 is 0. The van der Waals surface area contributed by atoms with Gasteiger partial charge in [-0.1, -0.05) is 53.5 Å². The fourth-order valence-electron chi connectivity index (χ4n) is 1.58. The van der Waals surface area contributed by atoms with Gasteiger partial charge in [0.15, 0.2) is 0 Å². The Hall–Kier alpha value is -1.65. The number of nitrogens with zero attached hydrogens (tertiary/aromatic N) is 2. The molecule has 0 atom stereocenters. The summed E-state index contributed by atoms with van der Waals surface area (Å²) in [6.45, 7) is 0. The quantitative estimate of drug-likeness (QED) is 0.483. The van der Waals surface area contributed by atoms with Crippen LogP contribution in [0.3, 0.4) is 0 Å². The molecule has 0 bridgehead atoms. The number of benzene rings is 1. The van der Waals surface area contributed by atoms with E-state index < -0.39 is 9.76 Å². The zero-order chi connectivity index (χ0) is 13.1. The predicted octanol–water partition coefficient (Wildman–Crippen LogP) is 4.13. The number of alkyl halides is 2. The fraction of sp³-hybridized carbons (Fsp3) is 0.0833. The molecule has 4 nitrogen and oxygen atoms in total. The molecule has 2 rings (SSSR count). The molecule has 2 aromatic rings. The van der Waals surface area contributed by atoms with Crippen LogP contribution in [0.1, 0.15) is 10.5 Å². The Morgan fingerprint density at radius 1 is 1.22 bits per heavy atom. The summed E-state index contributed by atoms with van der Waals surface area (Å²) in [7, 11) is 0. The van der Waals surface area contributed by atoms with Gasteiger partial charge in [-0.3, -0.25) is 15.1 Å². The van der Waals surface area contributed by atoms with Gasteiger partial charge < -0.3 is 0 Å². The number of pyridine rings is 1. The monoisotopic (exact) mass is 282 g/mol. The van der Waals surface area contributed by atoms with Crippen LogP contribution in [-0.2, 0) is 0 Å². The van der Waals surface area contributed by atoms with Crippen molar-refractivity contribution in [3.63, 3.8) is 0 Å². The van der Waals surface area contributed by atoms with Crippen LogP contribution in [0.4, 0.5) is 5.69 Å². The maximum atomic E-state index is 11.0. The lowest BCUT2D eigenvalue weighted by Crippen LogP contribution is -1.96. The number of halogens is 2. The van der Waals surface area contributed by atoms with Gasteiger partial charge >= 0.3 is 0 Å². The van der Waals surface area contributed by atoms with E-state index in [9.17, 15) is 10.1 Å². The Kier molecular flexibility index (Phi) is 3.79. The SMILES string of the molecule is O=[N+]([O-])c1cnc(C(Cl)Cl)cc1-c1ccccc1. The Morgan fingerprint density at radius 2 is 1.89 bits per heavy atom. The van der Waals surface area contributed by atoms with Gasteiger partial charge in [0, 0.05) is 0 Å². The second kappa shape index (κ2) is 5.33. The molecule has 0 N–H and O–H groups in total. The summed E-state index contributed by atoms with van der Waals surface area (Å²) in [6.07, 6.45) is 1.18. The highest BCUT2D eigenvalue weighted by molar-refractivity contribution is 6.43. The first-order valence-corrected chi connectivity index (χ1v) is 5.95. The van der Waals surface area contributed by atoms with Crippen molar-refractivity contribution in [2.45, 2.75) is 4.84 Å². The van der Waals surface area contributed by atoms with Crippen LogP contribution in [0.25, 0.3) is 11.1 Å². The van der Waals surface area contributed by atoms with E-state index in [2.05, 4.69) is 4.98 Å². The lowest BCUT2D eigenvalue weighted by Gasteiger charge is -2.06. The Labute approximate surface area is 113 Å². The standard InChI is InChI=1S/C12H8Cl2N2O2/c13-12(14)10-6-9(8-4-2-1-3-5-8)11(7-15-10)16(17)18/h1-7,12H. The first-order chi connectivity index (χ1) is 8.59. The minimum atomic E-state index is -0.812. The minimum Gasteiger partial charge on any atom is -0.258 e. The number of hydrogen-bond donors (Lipinski definition) is 0. The van der Waals surface area contributed by atoms with Crippen molar-refractivity contribution in [3.05, 3.63) is 58.4 Å². The molecule has 0 fully saturated rings. The molecular weight excluding hydrogens is 275 g/mol. The molecule has 0 amide bonds. The first-order valence-electron chi connectivity index (χ1n) is 5.07. The van der Waals surface area contributed by atoms with Gasteiger partial charge in [0.1, 0.15) is 11.0 Å². The summed E-state index contributed by atoms with van der Waals surface area (Å²) in [6, 6.07) is 10.5. The van der Waals surface area contributed by atoms with E-state index in [1.807, 2.05) is 6.07 Å². The highest BCUT2D eigenvalue weighted by Gasteiger charge is 2.18. The van der Waals surface area contributed by atoms with Crippen LogP contribution in [0.15, 0.2) is 42.6 Å². The fourth-order valence-corrected chi connectivity index (χ4v) is 1.82. The van der Waals surface area contributed by atoms with E-state index in [0.29, 0.717) is 11.3 Å². The molecule has 0 aliphatic carbocycles. The Balaban J connectivity index is 2.62. The molecule has 1 aromatic carbocycles. The average Bonchev–Trinajstić information content (AvgIpc) is 2.39. The topological polar surface area (TPSA) is 56.0 Å². The molecule has 6 heteroatoms. The van der Waals surface area contributed by atoms with Gasteiger partial charge in [0.2, 0.25) is 0 Å². The number of rotatable bonds is 3. The molecule has 0 aliphatic rings. The molecule has 0 saturated heterocycles. The highest BCUT2D eigenvalue weighted by atomic mass is 35.5. The van der Waals surface area contributed by atoms with E-state index in [4.69, 9.17) is 23.2 Å². The summed E-state index contributed by atoms with van der Waals surface area (Å²) in [5, 5.41) is 11.0. The third-order valence-corrected chi connectivity index (χ3v) is 2.86. The highest BCUT2D eigenvalue weighted by Crippen LogP contribution is 2.33. The van der Waals surface area contributed by atoms with Gasteiger partial charge in [-0.25, -0.2) is 0 Å². The molecule has 1 heterocycles. The van der Waals surface area contributed by atoms with Crippen LogP contribution in [0.5, 0.6) is 0 Å². The molecule has 0 spiro atoms. The number of hydrogen-bond acceptors (Lipinski definition) is 3. The van der Waals surface area contributed by atoms with Crippen molar-refractivity contribution < 1.29 is 4.92 Å². The zero-order valence-electron chi connectivity index (χ0n) is 9.09. The number of nitro groups is 1. The van der Waals surface area contributed by atoms with E-state index in [-0.39, 0.29) is 5.69 Å². The maximum absolute atomic E-state index is 11.0. The van der Waals surface area contributed by atoms with Crippen molar-refractivity contribution in [3.8, 4) is 11.1 Å². The van der Waals surface area contributed by atoms with Gasteiger partial charge in [-0.05, 0) is 11.6 Å². The van der Waals surface area contributed by atoms with E-state index in [1.54, 1.807) is 24.3 Å². The van der Waals surface area contributed by atoms with Crippen LogP contribution in [-0.4, -0.2) is 9.91 Å². The van der Waals surface area contributed by atoms with Crippen molar-refractivity contribution in [1.29, 1.82) is 0 Å². The molecule has 0 aliphatic heterocycles. The van der Waals surface area contributed by atoms with E-state index >= 15 is 0 Å². The van der Waals surface area contributed by atoms with E-state index in [1.165, 1.54) is 12.3 Å². The van der Waals surface area contributed by atoms with Gasteiger partial charge in [-0.15, -0.1) is 0 Å². The Morgan fingerprint density at radius 3 is 2.44 bits per heavy atom. The van der Waals surface area contributed by atoms with Crippen molar-refractivity contribution in [2.75, 3.05) is 0 Å². The lowest BCUT2D eigenvalue weighted by molar-refractivity contribution is -0.384. The summed E-state index contributed by atoms with van der Waals surface area (Å²) in [5.74, 6) is 0. The van der Waals surface area contributed by atoms with Crippen molar-refractivity contribution in [2.24, 2.45) is 0 Å². The minimum absolute atomic E-state index is 0.0704. The number of aromatic nitrogens is 1. The Bertz CT molecular complexity index is 574. The molecule has 0 unspecified atom stereocenters. The predicted molar refractivity (Wildman–Crippen MR) is 70.8 cm³/mol. The normalized spacial score (nSPS) is 10.6. The third-order valence-electron chi connectivity index (χ3n) is 2.41. The van der Waals surface area contributed by atoms with Crippen LogP contribution >= 0.6 is 23.2 Å². The average molecular weight is 283 g/mol. The molecule has 0 saturated carbocycles. The van der Waals surface area contributed by atoms with Gasteiger partial charge in [0.25, 0.3) is 5.69 Å². The van der Waals surface area contributed by atoms with Crippen LogP contribution < -0.4 is 0 Å². The second-order valence-electron chi connectivity index (χ2n) is 3.55. The third kappa shape index (κ3) is 2.60. The maximum Gasteiger partial charge on any atom is 0.295 e. The molecule has 18 heavy (non-hydrogen) atoms. The first kappa shape index (κ1) is 12.8. The molecule has 0 radical (unpaired) electrons.